The van der Waals surface area contributed by atoms with E-state index in [1.165, 1.54) is 32.4 Å². The van der Waals surface area contributed by atoms with E-state index in [0.29, 0.717) is 0 Å². The second-order valence-corrected chi connectivity index (χ2v) is 2.61. The molecule has 0 aromatic carbocycles. The Kier molecular flexibility index (Phi) is 22.8. The van der Waals surface area contributed by atoms with Crippen molar-refractivity contribution >= 4 is 8.25 Å². The van der Waals surface area contributed by atoms with Gasteiger partial charge in [-0.3, -0.25) is 0 Å². The van der Waals surface area contributed by atoms with Gasteiger partial charge in [0.2, 0.25) is 0 Å². The van der Waals surface area contributed by atoms with Gasteiger partial charge in [-0.1, -0.05) is 6.42 Å². The smallest absolute Gasteiger partial charge is 0.781 e. The van der Waals surface area contributed by atoms with Gasteiger partial charge in [0.25, 0.3) is 0 Å². The summed E-state index contributed by atoms with van der Waals surface area (Å²) < 4.78 is 8.63. The second kappa shape index (κ2) is 14.6. The third kappa shape index (κ3) is 22.5. The quantitative estimate of drug-likeness (QED) is 0.309. The minimum atomic E-state index is -3.38. The zero-order chi connectivity index (χ0) is 7.82. The third-order valence-electron chi connectivity index (χ3n) is 1.21. The van der Waals surface area contributed by atoms with Crippen molar-refractivity contribution in [1.82, 2.24) is 5.32 Å². The molecule has 0 aromatic rings. The van der Waals surface area contributed by atoms with E-state index in [9.17, 15) is 0 Å². The van der Waals surface area contributed by atoms with Crippen molar-refractivity contribution in [3.63, 3.8) is 0 Å². The summed E-state index contributed by atoms with van der Waals surface area (Å²) in [5.74, 6) is 0. The monoisotopic (exact) mass is 207 g/mol. The van der Waals surface area contributed by atoms with Crippen molar-refractivity contribution in [1.29, 1.82) is 0 Å². The van der Waals surface area contributed by atoms with Gasteiger partial charge in [-0.2, -0.15) is 0 Å². The van der Waals surface area contributed by atoms with Gasteiger partial charge in [0, 0.05) is 0 Å². The van der Waals surface area contributed by atoms with Crippen LogP contribution in [0.1, 0.15) is 19.3 Å². The minimum absolute atomic E-state index is 0. The van der Waals surface area contributed by atoms with Crippen LogP contribution in [-0.4, -0.2) is 23.5 Å². The Hall–Kier alpha value is 1.07. The predicted molar refractivity (Wildman–Crippen MR) is 41.6 cm³/mol. The summed E-state index contributed by atoms with van der Waals surface area (Å²) in [5.41, 5.74) is 0. The molecule has 1 aliphatic heterocycles. The van der Waals surface area contributed by atoms with Gasteiger partial charge in [0.15, 0.2) is 0 Å². The summed E-state index contributed by atoms with van der Waals surface area (Å²) in [6, 6.07) is 0. The molecule has 1 aliphatic rings. The number of hydrogen-bond donors (Lipinski definition) is 2. The average Bonchev–Trinajstić information content (AvgIpc) is 1.90. The first kappa shape index (κ1) is 18.8. The molecule has 4 N–H and O–H groups in total. The molecule has 1 atom stereocenters. The van der Waals surface area contributed by atoms with E-state index < -0.39 is 8.25 Å². The summed E-state index contributed by atoms with van der Waals surface area (Å²) in [6.45, 7) is 2.50. The van der Waals surface area contributed by atoms with E-state index in [1.807, 2.05) is 0 Å². The minimum Gasteiger partial charge on any atom is -0.781 e. The first-order valence-corrected chi connectivity index (χ1v) is 4.60. The van der Waals surface area contributed by atoms with Gasteiger partial charge in [-0.25, -0.2) is 0 Å². The van der Waals surface area contributed by atoms with Gasteiger partial charge in [0.05, 0.1) is 0 Å². The van der Waals surface area contributed by atoms with Gasteiger partial charge in [-0.15, -0.1) is 0 Å². The number of hydrogen-bond acceptors (Lipinski definition) is 3. The molecule has 12 heavy (non-hydrogen) atoms. The van der Waals surface area contributed by atoms with Crippen LogP contribution in [0.15, 0.2) is 0 Å². The maximum absolute atomic E-state index is 8.63. The van der Waals surface area contributed by atoms with Crippen LogP contribution in [0.5, 0.6) is 0 Å². The Balaban J connectivity index is -0.000000124. The van der Waals surface area contributed by atoms with Crippen molar-refractivity contribution in [3.8, 4) is 0 Å². The van der Waals surface area contributed by atoms with E-state index in [0.717, 1.165) is 0 Å². The van der Waals surface area contributed by atoms with Gasteiger partial charge in [-0.05, 0) is 25.9 Å². The van der Waals surface area contributed by atoms with Crippen LogP contribution in [0.4, 0.5) is 0 Å². The van der Waals surface area contributed by atoms with Crippen LogP contribution in [0.3, 0.4) is 0 Å². The SMILES string of the molecule is C1CCNCC1.O.O=[PH]([O-])O.[Na+]. The van der Waals surface area contributed by atoms with E-state index >= 15 is 0 Å². The molecule has 0 radical (unpaired) electrons. The number of nitrogens with one attached hydrogen (secondary N) is 1. The first-order chi connectivity index (χ1) is 4.73. The molecule has 70 valence electrons. The Morgan fingerprint density at radius 3 is 1.67 bits per heavy atom. The van der Waals surface area contributed by atoms with Gasteiger partial charge in [0.1, 0.15) is 8.25 Å². The molecular weight excluding hydrogens is 192 g/mol. The Morgan fingerprint density at radius 2 is 1.58 bits per heavy atom. The number of rotatable bonds is 0. The van der Waals surface area contributed by atoms with E-state index in [-0.39, 0.29) is 35.0 Å². The molecule has 0 aromatic heterocycles. The molecule has 1 heterocycles. The molecule has 0 bridgehead atoms. The summed E-state index contributed by atoms with van der Waals surface area (Å²) in [5, 5.41) is 3.28. The fourth-order valence-electron chi connectivity index (χ4n) is 0.802. The van der Waals surface area contributed by atoms with Crippen LogP contribution in [0.2, 0.25) is 0 Å². The standard InChI is InChI=1S/C5H11N.Na.H3O3P.H2O/c1-2-4-6-5-3-1;;1-4(2)3;/h6H,1-5H2;;4H,(H2,1,2,3);1H2/q;+1;;/p-1. The molecule has 0 spiro atoms. The first-order valence-electron chi connectivity index (χ1n) is 3.34. The third-order valence-corrected chi connectivity index (χ3v) is 1.21. The number of piperidine rings is 1. The fourth-order valence-corrected chi connectivity index (χ4v) is 0.802. The molecule has 1 fully saturated rings. The van der Waals surface area contributed by atoms with Gasteiger partial charge < -0.3 is 25.1 Å². The normalized spacial score (nSPS) is 17.2. The van der Waals surface area contributed by atoms with Crippen molar-refractivity contribution < 1.29 is 49.4 Å². The predicted octanol–water partition coefficient (Wildman–Crippen LogP) is -4.33. The van der Waals surface area contributed by atoms with Crippen molar-refractivity contribution in [3.05, 3.63) is 0 Å². The van der Waals surface area contributed by atoms with Crippen molar-refractivity contribution in [2.75, 3.05) is 13.1 Å². The largest absolute Gasteiger partial charge is 1.00 e. The zero-order valence-corrected chi connectivity index (χ0v) is 10.3. The molecule has 5 nitrogen and oxygen atoms in total. The van der Waals surface area contributed by atoms with Crippen LogP contribution in [0, 0.1) is 0 Å². The molecule has 1 rings (SSSR count). The fraction of sp³-hybridized carbons (Fsp3) is 1.00. The van der Waals surface area contributed by atoms with Crippen LogP contribution in [0.25, 0.3) is 0 Å². The van der Waals surface area contributed by atoms with Crippen molar-refractivity contribution in [2.45, 2.75) is 19.3 Å². The van der Waals surface area contributed by atoms with Crippen LogP contribution in [-0.2, 0) is 4.57 Å². The Labute approximate surface area is 95.1 Å². The molecule has 7 heteroatoms. The molecule has 0 aliphatic carbocycles. The molecule has 0 amide bonds. The molecular formula is C5H15NNaO4P. The average molecular weight is 207 g/mol. The van der Waals surface area contributed by atoms with Crippen LogP contribution >= 0.6 is 8.25 Å². The maximum atomic E-state index is 8.63. The van der Waals surface area contributed by atoms with Crippen LogP contribution < -0.4 is 39.8 Å². The zero-order valence-electron chi connectivity index (χ0n) is 7.30. The Morgan fingerprint density at radius 1 is 1.25 bits per heavy atom. The second-order valence-electron chi connectivity index (χ2n) is 2.08. The van der Waals surface area contributed by atoms with Crippen molar-refractivity contribution in [2.24, 2.45) is 0 Å². The summed E-state index contributed by atoms with van der Waals surface area (Å²) >= 11 is 0. The Bertz CT molecular complexity index is 85.9. The molecule has 1 unspecified atom stereocenters. The maximum Gasteiger partial charge on any atom is 1.00 e. The van der Waals surface area contributed by atoms with E-state index in [4.69, 9.17) is 14.4 Å². The molecule has 1 saturated heterocycles. The topological polar surface area (TPSA) is 104 Å². The summed E-state index contributed by atoms with van der Waals surface area (Å²) in [6.07, 6.45) is 4.22. The van der Waals surface area contributed by atoms with E-state index in [2.05, 4.69) is 5.32 Å². The van der Waals surface area contributed by atoms with Gasteiger partial charge >= 0.3 is 29.6 Å². The summed E-state index contributed by atoms with van der Waals surface area (Å²) in [4.78, 5) is 15.7. The molecule has 0 saturated carbocycles. The summed E-state index contributed by atoms with van der Waals surface area (Å²) in [7, 11) is -3.38. The van der Waals surface area contributed by atoms with E-state index in [1.54, 1.807) is 0 Å².